The molecule has 0 saturated heterocycles. The second-order valence-corrected chi connectivity index (χ2v) is 2.00. The fraction of sp³-hybridized carbons (Fsp3) is 0.333. The molecule has 0 fully saturated rings. The van der Waals surface area contributed by atoms with Crippen molar-refractivity contribution in [3.05, 3.63) is 12.0 Å². The highest BCUT2D eigenvalue weighted by molar-refractivity contribution is 7.93. The quantitative estimate of drug-likeness (QED) is 0.430. The molecule has 0 bridgehead atoms. The molecule has 5 heavy (non-hydrogen) atoms. The molecule has 0 aliphatic rings. The second kappa shape index (κ2) is 2.30. The Hall–Kier alpha value is 0.0500. The van der Waals surface area contributed by atoms with Crippen molar-refractivity contribution >= 4 is 11.2 Å². The van der Waals surface area contributed by atoms with Crippen LogP contribution >= 0.6 is 0 Å². The van der Waals surface area contributed by atoms with Crippen LogP contribution in [-0.2, 0) is 11.2 Å². The van der Waals surface area contributed by atoms with Crippen molar-refractivity contribution in [2.75, 3.05) is 6.26 Å². The molecule has 0 aliphatic carbocycles. The summed E-state index contributed by atoms with van der Waals surface area (Å²) in [4.78, 5) is 0. The molecule has 1 unspecified atom stereocenters. The van der Waals surface area contributed by atoms with E-state index in [4.69, 9.17) is 0 Å². The van der Waals surface area contributed by atoms with E-state index in [1.807, 2.05) is 0 Å². The van der Waals surface area contributed by atoms with Gasteiger partial charge in [-0.25, -0.2) is 0 Å². The van der Waals surface area contributed by atoms with Gasteiger partial charge in [0.2, 0.25) is 0 Å². The summed E-state index contributed by atoms with van der Waals surface area (Å²) < 4.78 is 9.81. The normalized spacial score (nSPS) is 14.0. The molecule has 30 valence electrons. The fourth-order valence-corrected chi connectivity index (χ4v) is 0. The third-order valence-electron chi connectivity index (χ3n) is 0.235. The van der Waals surface area contributed by atoms with E-state index in [-0.39, 0.29) is 0 Å². The largest absolute Gasteiger partial charge is 0.612 e. The molecule has 0 amide bonds. The fourth-order valence-electron chi connectivity index (χ4n) is 0. The third kappa shape index (κ3) is 4.05. The van der Waals surface area contributed by atoms with Crippen LogP contribution < -0.4 is 0 Å². The van der Waals surface area contributed by atoms with E-state index in [9.17, 15) is 4.55 Å². The Morgan fingerprint density at radius 2 is 2.20 bits per heavy atom. The average Bonchev–Trinajstić information content (AvgIpc) is 1.38. The van der Waals surface area contributed by atoms with Crippen LogP contribution in [0.1, 0.15) is 0 Å². The Morgan fingerprint density at radius 1 is 2.00 bits per heavy atom. The summed E-state index contributed by atoms with van der Waals surface area (Å²) in [6.45, 7) is 3.26. The minimum Gasteiger partial charge on any atom is -0.612 e. The third-order valence-corrected chi connectivity index (χ3v) is 0.704. The summed E-state index contributed by atoms with van der Waals surface area (Å²) in [5, 5.41) is 1.39. The molecule has 2 heteroatoms. The first kappa shape index (κ1) is 5.05. The average molecular weight is 90.1 g/mol. The molecular formula is C3H6OS. The van der Waals surface area contributed by atoms with Gasteiger partial charge in [0, 0.05) is 0 Å². The molecular weight excluding hydrogens is 84.1 g/mol. The summed E-state index contributed by atoms with van der Waals surface area (Å²) in [5.41, 5.74) is 0. The molecule has 1 nitrogen and oxygen atoms in total. The van der Waals surface area contributed by atoms with E-state index < -0.39 is 11.2 Å². The molecule has 0 aromatic carbocycles. The van der Waals surface area contributed by atoms with E-state index in [0.717, 1.165) is 0 Å². The molecule has 0 aliphatic heterocycles. The SMILES string of the molecule is C=C[S+](C)[O-]. The maximum absolute atomic E-state index is 9.81. The van der Waals surface area contributed by atoms with Crippen LogP contribution in [0.2, 0.25) is 0 Å². The lowest BCUT2D eigenvalue weighted by molar-refractivity contribution is 0.609. The van der Waals surface area contributed by atoms with Gasteiger partial charge in [0.1, 0.15) is 5.41 Å². The molecule has 0 aromatic heterocycles. The van der Waals surface area contributed by atoms with Crippen LogP contribution in [0.3, 0.4) is 0 Å². The zero-order chi connectivity index (χ0) is 4.28. The topological polar surface area (TPSA) is 23.1 Å². The molecule has 0 aromatic rings. The molecule has 0 rings (SSSR count). The number of hydrogen-bond donors (Lipinski definition) is 0. The van der Waals surface area contributed by atoms with Gasteiger partial charge >= 0.3 is 0 Å². The highest BCUT2D eigenvalue weighted by atomic mass is 32.2. The van der Waals surface area contributed by atoms with Crippen LogP contribution in [0.25, 0.3) is 0 Å². The zero-order valence-corrected chi connectivity index (χ0v) is 3.92. The van der Waals surface area contributed by atoms with Gasteiger partial charge in [-0.3, -0.25) is 0 Å². The Balaban J connectivity index is 2.83. The van der Waals surface area contributed by atoms with E-state index >= 15 is 0 Å². The zero-order valence-electron chi connectivity index (χ0n) is 3.10. The van der Waals surface area contributed by atoms with Gasteiger partial charge in [-0.15, -0.1) is 0 Å². The minimum atomic E-state index is -0.809. The van der Waals surface area contributed by atoms with Crippen molar-refractivity contribution in [1.82, 2.24) is 0 Å². The Bertz CT molecular complexity index is 33.9. The monoisotopic (exact) mass is 90.0 g/mol. The Kier molecular flexibility index (Phi) is 2.32. The van der Waals surface area contributed by atoms with E-state index in [1.54, 1.807) is 6.26 Å². The maximum atomic E-state index is 9.81. The number of hydrogen-bond acceptors (Lipinski definition) is 1. The summed E-state index contributed by atoms with van der Waals surface area (Å²) in [6.07, 6.45) is 1.58. The lowest BCUT2D eigenvalue weighted by atomic mass is 11.3. The summed E-state index contributed by atoms with van der Waals surface area (Å²) in [6, 6.07) is 0. The van der Waals surface area contributed by atoms with Crippen molar-refractivity contribution < 1.29 is 4.55 Å². The molecule has 0 radical (unpaired) electrons. The lowest BCUT2D eigenvalue weighted by Crippen LogP contribution is -1.84. The standard InChI is InChI=1S/C3H6OS/c1-3-5(2)4/h3H,1H2,2H3. The first-order valence-corrected chi connectivity index (χ1v) is 2.84. The van der Waals surface area contributed by atoms with Crippen molar-refractivity contribution in [1.29, 1.82) is 0 Å². The van der Waals surface area contributed by atoms with Crippen LogP contribution in [-0.4, -0.2) is 10.8 Å². The molecule has 0 spiro atoms. The Morgan fingerprint density at radius 3 is 2.20 bits per heavy atom. The summed E-state index contributed by atoms with van der Waals surface area (Å²) in [7, 11) is 0. The predicted octanol–water partition coefficient (Wildman–Crippen LogP) is 0.508. The lowest BCUT2D eigenvalue weighted by Gasteiger charge is -1.89. The molecule has 0 N–H and O–H groups in total. The Labute approximate surface area is 34.9 Å². The first-order chi connectivity index (χ1) is 2.27. The molecule has 0 heterocycles. The van der Waals surface area contributed by atoms with Crippen LogP contribution in [0.4, 0.5) is 0 Å². The molecule has 1 atom stereocenters. The molecule has 0 saturated carbocycles. The van der Waals surface area contributed by atoms with E-state index in [1.165, 1.54) is 5.41 Å². The van der Waals surface area contributed by atoms with Gasteiger partial charge in [0.15, 0.2) is 0 Å². The van der Waals surface area contributed by atoms with Gasteiger partial charge in [0.25, 0.3) is 0 Å². The first-order valence-electron chi connectivity index (χ1n) is 1.22. The minimum absolute atomic E-state index is 0.809. The van der Waals surface area contributed by atoms with Crippen LogP contribution in [0.5, 0.6) is 0 Å². The van der Waals surface area contributed by atoms with Crippen molar-refractivity contribution in [3.63, 3.8) is 0 Å². The summed E-state index contributed by atoms with van der Waals surface area (Å²) in [5.74, 6) is 0. The van der Waals surface area contributed by atoms with Crippen LogP contribution in [0.15, 0.2) is 12.0 Å². The van der Waals surface area contributed by atoms with Gasteiger partial charge in [-0.05, 0) is 11.2 Å². The summed E-state index contributed by atoms with van der Waals surface area (Å²) >= 11 is -0.809. The smallest absolute Gasteiger partial charge is 0.109 e. The van der Waals surface area contributed by atoms with Crippen molar-refractivity contribution in [2.24, 2.45) is 0 Å². The van der Waals surface area contributed by atoms with Crippen molar-refractivity contribution in [3.8, 4) is 0 Å². The van der Waals surface area contributed by atoms with Gasteiger partial charge in [-0.2, -0.15) is 0 Å². The highest BCUT2D eigenvalue weighted by Gasteiger charge is 1.75. The predicted molar refractivity (Wildman–Crippen MR) is 24.3 cm³/mol. The second-order valence-electron chi connectivity index (χ2n) is 0.665. The van der Waals surface area contributed by atoms with E-state index in [0.29, 0.717) is 0 Å². The van der Waals surface area contributed by atoms with Crippen molar-refractivity contribution in [2.45, 2.75) is 0 Å². The van der Waals surface area contributed by atoms with E-state index in [2.05, 4.69) is 6.58 Å². The van der Waals surface area contributed by atoms with Crippen LogP contribution in [0, 0.1) is 0 Å². The van der Waals surface area contributed by atoms with Gasteiger partial charge in [-0.1, -0.05) is 6.58 Å². The van der Waals surface area contributed by atoms with Gasteiger partial charge in [0.05, 0.1) is 6.26 Å². The number of rotatable bonds is 1. The highest BCUT2D eigenvalue weighted by Crippen LogP contribution is 1.76. The maximum Gasteiger partial charge on any atom is 0.109 e. The van der Waals surface area contributed by atoms with Gasteiger partial charge < -0.3 is 4.55 Å².